The first-order valence-electron chi connectivity index (χ1n) is 21.4. The highest BCUT2D eigenvalue weighted by atomic mass is 16.5. The SMILES string of the molecule is CCCCCCCCCCCCCCCCCCCCCCCCC(=O)OC(CCCCC)CCCCCC(=O)NCC(=O)NC(CO)C(=O)O. The van der Waals surface area contributed by atoms with E-state index in [9.17, 15) is 19.2 Å². The van der Waals surface area contributed by atoms with Crippen molar-refractivity contribution in [1.82, 2.24) is 10.6 Å². The minimum absolute atomic E-state index is 0.0741. The summed E-state index contributed by atoms with van der Waals surface area (Å²) >= 11 is 0. The van der Waals surface area contributed by atoms with Gasteiger partial charge in [-0.2, -0.15) is 0 Å². The lowest BCUT2D eigenvalue weighted by atomic mass is 10.0. The minimum Gasteiger partial charge on any atom is -0.480 e. The van der Waals surface area contributed by atoms with Crippen molar-refractivity contribution in [3.63, 3.8) is 0 Å². The number of nitrogens with one attached hydrogen (secondary N) is 2. The molecule has 0 heterocycles. The van der Waals surface area contributed by atoms with Gasteiger partial charge in [-0.05, 0) is 38.5 Å². The molecule has 0 aliphatic rings. The molecule has 0 rings (SSSR count). The number of amides is 2. The lowest BCUT2D eigenvalue weighted by Gasteiger charge is -2.18. The van der Waals surface area contributed by atoms with Gasteiger partial charge in [0.05, 0.1) is 13.2 Å². The van der Waals surface area contributed by atoms with Crippen LogP contribution in [0, 0.1) is 0 Å². The van der Waals surface area contributed by atoms with Crippen molar-refractivity contribution in [2.45, 2.75) is 231 Å². The van der Waals surface area contributed by atoms with Crippen molar-refractivity contribution in [2.75, 3.05) is 13.2 Å². The van der Waals surface area contributed by atoms with E-state index in [4.69, 9.17) is 14.9 Å². The standard InChI is InChI=1S/C42H80N2O7/c1-3-5-7-8-9-10-11-12-13-14-15-16-17-18-19-20-21-22-23-24-25-30-34-41(48)51-37(31-27-6-4-2)32-28-26-29-33-39(46)43-35-40(47)44-38(36-45)42(49)50/h37-38,45H,3-36H2,1-2H3,(H,43,46)(H,44,47)(H,49,50). The predicted molar refractivity (Wildman–Crippen MR) is 209 cm³/mol. The van der Waals surface area contributed by atoms with Gasteiger partial charge in [0.1, 0.15) is 12.1 Å². The summed E-state index contributed by atoms with van der Waals surface area (Å²) in [6.07, 6.45) is 37.6. The summed E-state index contributed by atoms with van der Waals surface area (Å²) in [6.45, 7) is 3.39. The first-order chi connectivity index (χ1) is 24.8. The molecule has 0 saturated carbocycles. The van der Waals surface area contributed by atoms with Crippen LogP contribution in [0.15, 0.2) is 0 Å². The van der Waals surface area contributed by atoms with Crippen LogP contribution in [-0.4, -0.2) is 59.3 Å². The fourth-order valence-electron chi connectivity index (χ4n) is 6.54. The van der Waals surface area contributed by atoms with Crippen LogP contribution in [0.2, 0.25) is 0 Å². The number of aliphatic hydroxyl groups excluding tert-OH is 1. The van der Waals surface area contributed by atoms with Crippen LogP contribution in [0.5, 0.6) is 0 Å². The zero-order valence-corrected chi connectivity index (χ0v) is 33.1. The zero-order chi connectivity index (χ0) is 37.6. The Labute approximate surface area is 312 Å². The summed E-state index contributed by atoms with van der Waals surface area (Å²) in [6, 6.07) is -1.39. The fourth-order valence-corrected chi connectivity index (χ4v) is 6.54. The molecular weight excluding hydrogens is 644 g/mol. The number of ether oxygens (including phenoxy) is 1. The second-order valence-corrected chi connectivity index (χ2v) is 14.8. The van der Waals surface area contributed by atoms with Crippen LogP contribution in [0.4, 0.5) is 0 Å². The molecule has 0 aliphatic heterocycles. The molecule has 4 N–H and O–H groups in total. The molecule has 0 fully saturated rings. The lowest BCUT2D eigenvalue weighted by Crippen LogP contribution is -2.47. The van der Waals surface area contributed by atoms with E-state index >= 15 is 0 Å². The third-order valence-electron chi connectivity index (χ3n) is 9.85. The van der Waals surface area contributed by atoms with E-state index in [0.717, 1.165) is 57.8 Å². The number of carboxylic acids is 1. The van der Waals surface area contributed by atoms with Gasteiger partial charge in [0.15, 0.2) is 0 Å². The van der Waals surface area contributed by atoms with Gasteiger partial charge in [-0.1, -0.05) is 168 Å². The summed E-state index contributed by atoms with van der Waals surface area (Å²) < 4.78 is 5.87. The van der Waals surface area contributed by atoms with Crippen LogP contribution < -0.4 is 10.6 Å². The van der Waals surface area contributed by atoms with Gasteiger partial charge in [-0.25, -0.2) is 4.79 Å². The molecule has 2 amide bonds. The fraction of sp³-hybridized carbons (Fsp3) is 0.905. The van der Waals surface area contributed by atoms with Gasteiger partial charge in [-0.3, -0.25) is 14.4 Å². The van der Waals surface area contributed by atoms with Crippen molar-refractivity contribution in [2.24, 2.45) is 0 Å². The quantitative estimate of drug-likeness (QED) is 0.0365. The van der Waals surface area contributed by atoms with E-state index in [1.54, 1.807) is 0 Å². The largest absolute Gasteiger partial charge is 0.480 e. The third kappa shape index (κ3) is 34.7. The number of aliphatic carboxylic acids is 1. The van der Waals surface area contributed by atoms with Crippen molar-refractivity contribution in [3.05, 3.63) is 0 Å². The van der Waals surface area contributed by atoms with Crippen LogP contribution >= 0.6 is 0 Å². The molecule has 2 unspecified atom stereocenters. The minimum atomic E-state index is -1.39. The molecule has 0 bridgehead atoms. The van der Waals surface area contributed by atoms with E-state index < -0.39 is 24.5 Å². The van der Waals surface area contributed by atoms with Crippen LogP contribution in [0.25, 0.3) is 0 Å². The number of hydrogen-bond donors (Lipinski definition) is 4. The number of aliphatic hydroxyl groups is 1. The van der Waals surface area contributed by atoms with E-state index in [2.05, 4.69) is 24.5 Å². The number of rotatable bonds is 39. The van der Waals surface area contributed by atoms with E-state index in [-0.39, 0.29) is 30.9 Å². The summed E-state index contributed by atoms with van der Waals surface area (Å²) in [4.78, 5) is 47.3. The van der Waals surface area contributed by atoms with E-state index in [0.29, 0.717) is 12.8 Å². The van der Waals surface area contributed by atoms with Crippen molar-refractivity contribution in [3.8, 4) is 0 Å². The number of carbonyl (C=O) groups is 4. The summed E-state index contributed by atoms with van der Waals surface area (Å²) in [5.74, 6) is -2.37. The highest BCUT2D eigenvalue weighted by Gasteiger charge is 2.19. The van der Waals surface area contributed by atoms with Gasteiger partial charge in [-0.15, -0.1) is 0 Å². The topological polar surface area (TPSA) is 142 Å². The lowest BCUT2D eigenvalue weighted by molar-refractivity contribution is -0.150. The molecule has 0 aromatic heterocycles. The zero-order valence-electron chi connectivity index (χ0n) is 33.1. The van der Waals surface area contributed by atoms with Crippen molar-refractivity contribution in [1.29, 1.82) is 0 Å². The Morgan fingerprint density at radius 3 is 1.31 bits per heavy atom. The Kier molecular flexibility index (Phi) is 36.0. The molecule has 300 valence electrons. The summed E-state index contributed by atoms with van der Waals surface area (Å²) in [7, 11) is 0. The molecular formula is C42H80N2O7. The molecule has 0 radical (unpaired) electrons. The molecule has 0 saturated heterocycles. The Morgan fingerprint density at radius 2 is 0.882 bits per heavy atom. The van der Waals surface area contributed by atoms with Crippen molar-refractivity contribution < 1.29 is 34.1 Å². The predicted octanol–water partition coefficient (Wildman–Crippen LogP) is 10.1. The molecule has 51 heavy (non-hydrogen) atoms. The Bertz CT molecular complexity index is 838. The average Bonchev–Trinajstić information content (AvgIpc) is 3.11. The van der Waals surface area contributed by atoms with Crippen LogP contribution in [0.1, 0.15) is 219 Å². The van der Waals surface area contributed by atoms with E-state index in [1.165, 1.54) is 128 Å². The van der Waals surface area contributed by atoms with Gasteiger partial charge < -0.3 is 25.6 Å². The number of unbranched alkanes of at least 4 members (excludes halogenated alkanes) is 25. The molecule has 9 nitrogen and oxygen atoms in total. The summed E-state index contributed by atoms with van der Waals surface area (Å²) in [5.41, 5.74) is 0. The maximum absolute atomic E-state index is 12.6. The van der Waals surface area contributed by atoms with Crippen LogP contribution in [0.3, 0.4) is 0 Å². The number of hydrogen-bond acceptors (Lipinski definition) is 6. The van der Waals surface area contributed by atoms with Crippen LogP contribution in [-0.2, 0) is 23.9 Å². The molecule has 0 spiro atoms. The summed E-state index contributed by atoms with van der Waals surface area (Å²) in [5, 5.41) is 22.5. The number of carbonyl (C=O) groups excluding carboxylic acids is 3. The first-order valence-corrected chi connectivity index (χ1v) is 21.4. The van der Waals surface area contributed by atoms with Crippen molar-refractivity contribution >= 4 is 23.8 Å². The first kappa shape index (κ1) is 48.8. The highest BCUT2D eigenvalue weighted by molar-refractivity contribution is 5.87. The molecule has 9 heteroatoms. The highest BCUT2D eigenvalue weighted by Crippen LogP contribution is 2.18. The smallest absolute Gasteiger partial charge is 0.328 e. The monoisotopic (exact) mass is 725 g/mol. The maximum atomic E-state index is 12.6. The molecule has 2 atom stereocenters. The average molecular weight is 725 g/mol. The van der Waals surface area contributed by atoms with Gasteiger partial charge in [0.25, 0.3) is 0 Å². The molecule has 0 aromatic rings. The Hall–Kier alpha value is -2.16. The van der Waals surface area contributed by atoms with E-state index in [1.807, 2.05) is 0 Å². The second-order valence-electron chi connectivity index (χ2n) is 14.8. The number of esters is 1. The normalized spacial score (nSPS) is 12.4. The second kappa shape index (κ2) is 37.6. The van der Waals surface area contributed by atoms with Gasteiger partial charge in [0, 0.05) is 12.8 Å². The molecule has 0 aliphatic carbocycles. The molecule has 0 aromatic carbocycles. The Morgan fingerprint density at radius 1 is 0.510 bits per heavy atom. The third-order valence-corrected chi connectivity index (χ3v) is 9.85. The Balaban J connectivity index is 3.78. The number of carboxylic acid groups (broad SMARTS) is 1. The van der Waals surface area contributed by atoms with Gasteiger partial charge in [0.2, 0.25) is 11.8 Å². The van der Waals surface area contributed by atoms with Gasteiger partial charge >= 0.3 is 11.9 Å². The maximum Gasteiger partial charge on any atom is 0.328 e.